The first-order valence-electron chi connectivity index (χ1n) is 4.50. The highest BCUT2D eigenvalue weighted by molar-refractivity contribution is 5.84. The van der Waals surface area contributed by atoms with Crippen LogP contribution in [0.15, 0.2) is 29.4 Å². The number of fused-ring (bicyclic) bond motifs is 1. The molecular formula is C10H10N4O. The summed E-state index contributed by atoms with van der Waals surface area (Å²) >= 11 is 0. The zero-order valence-corrected chi connectivity index (χ0v) is 8.19. The lowest BCUT2D eigenvalue weighted by Crippen LogP contribution is -2.12. The Morgan fingerprint density at radius 3 is 3.07 bits per heavy atom. The second kappa shape index (κ2) is 3.91. The van der Waals surface area contributed by atoms with E-state index in [2.05, 4.69) is 20.5 Å². The van der Waals surface area contributed by atoms with Crippen molar-refractivity contribution < 1.29 is 4.79 Å². The molecule has 5 nitrogen and oxygen atoms in total. The molecule has 15 heavy (non-hydrogen) atoms. The molecule has 5 heteroatoms. The van der Waals surface area contributed by atoms with Crippen LogP contribution >= 0.6 is 0 Å². The molecule has 0 aliphatic rings. The zero-order valence-electron chi connectivity index (χ0n) is 8.19. The first-order valence-corrected chi connectivity index (χ1v) is 4.50. The number of imidazole rings is 1. The largest absolute Gasteiger partial charge is 0.337 e. The quantitative estimate of drug-likeness (QED) is 0.564. The number of hydrazone groups is 1. The Labute approximate surface area is 86.2 Å². The number of carbonyl (C=O) groups excluding carboxylic acids is 1. The first kappa shape index (κ1) is 9.39. The topological polar surface area (TPSA) is 70.1 Å². The summed E-state index contributed by atoms with van der Waals surface area (Å²) < 4.78 is 0. The van der Waals surface area contributed by atoms with Gasteiger partial charge in [-0.1, -0.05) is 12.1 Å². The highest BCUT2D eigenvalue weighted by atomic mass is 16.2. The van der Waals surface area contributed by atoms with Gasteiger partial charge in [-0.3, -0.25) is 4.79 Å². The lowest BCUT2D eigenvalue weighted by atomic mass is 10.3. The SMILES string of the molecule is CC(=O)NN=Cc1nc2ccccc2[nH]1. The van der Waals surface area contributed by atoms with Crippen molar-refractivity contribution in [1.82, 2.24) is 15.4 Å². The Bertz CT molecular complexity index is 482. The van der Waals surface area contributed by atoms with Gasteiger partial charge in [-0.05, 0) is 12.1 Å². The number of hydrogen-bond acceptors (Lipinski definition) is 3. The number of para-hydroxylation sites is 2. The number of H-pyrrole nitrogens is 1. The fourth-order valence-corrected chi connectivity index (χ4v) is 1.22. The average molecular weight is 202 g/mol. The summed E-state index contributed by atoms with van der Waals surface area (Å²) in [4.78, 5) is 17.9. The second-order valence-corrected chi connectivity index (χ2v) is 3.07. The molecule has 0 bridgehead atoms. The Morgan fingerprint density at radius 1 is 1.53 bits per heavy atom. The Kier molecular flexibility index (Phi) is 2.45. The van der Waals surface area contributed by atoms with Gasteiger partial charge in [-0.25, -0.2) is 10.4 Å². The molecule has 0 spiro atoms. The van der Waals surface area contributed by atoms with Gasteiger partial charge in [-0.15, -0.1) is 0 Å². The number of nitrogens with zero attached hydrogens (tertiary/aromatic N) is 2. The molecule has 0 fully saturated rings. The number of rotatable bonds is 2. The number of benzene rings is 1. The molecule has 0 aliphatic carbocycles. The molecule has 1 aromatic carbocycles. The molecule has 0 atom stereocenters. The van der Waals surface area contributed by atoms with Gasteiger partial charge in [0.05, 0.1) is 17.2 Å². The standard InChI is InChI=1S/C10H10N4O/c1-7(15)14-11-6-10-12-8-4-2-3-5-9(8)13-10/h2-6H,1H3,(H,12,13)(H,14,15). The van der Waals surface area contributed by atoms with E-state index in [-0.39, 0.29) is 5.91 Å². The molecule has 0 unspecified atom stereocenters. The molecule has 1 heterocycles. The minimum absolute atomic E-state index is 0.206. The predicted octanol–water partition coefficient (Wildman–Crippen LogP) is 1.03. The molecule has 2 N–H and O–H groups in total. The molecule has 2 aromatic rings. The van der Waals surface area contributed by atoms with Gasteiger partial charge in [0.15, 0.2) is 5.82 Å². The first-order chi connectivity index (χ1) is 7.25. The molecule has 0 saturated carbocycles. The van der Waals surface area contributed by atoms with Crippen molar-refractivity contribution in [2.75, 3.05) is 0 Å². The highest BCUT2D eigenvalue weighted by Gasteiger charge is 1.98. The summed E-state index contributed by atoms with van der Waals surface area (Å²) in [6, 6.07) is 7.67. The van der Waals surface area contributed by atoms with Gasteiger partial charge >= 0.3 is 0 Å². The maximum Gasteiger partial charge on any atom is 0.236 e. The van der Waals surface area contributed by atoms with E-state index in [1.807, 2.05) is 24.3 Å². The van der Waals surface area contributed by atoms with Gasteiger partial charge in [-0.2, -0.15) is 5.10 Å². The summed E-state index contributed by atoms with van der Waals surface area (Å²) in [6.07, 6.45) is 1.47. The summed E-state index contributed by atoms with van der Waals surface area (Å²) in [5.74, 6) is 0.410. The van der Waals surface area contributed by atoms with Crippen molar-refractivity contribution in [3.63, 3.8) is 0 Å². The Balaban J connectivity index is 2.22. The van der Waals surface area contributed by atoms with E-state index in [1.54, 1.807) is 0 Å². The smallest absolute Gasteiger partial charge is 0.236 e. The van der Waals surface area contributed by atoms with Crippen LogP contribution in [0.25, 0.3) is 11.0 Å². The Hall–Kier alpha value is -2.17. The predicted molar refractivity (Wildman–Crippen MR) is 57.5 cm³/mol. The van der Waals surface area contributed by atoms with Gasteiger partial charge < -0.3 is 4.98 Å². The van der Waals surface area contributed by atoms with Crippen LogP contribution in [0.1, 0.15) is 12.7 Å². The minimum atomic E-state index is -0.206. The number of amides is 1. The monoisotopic (exact) mass is 202 g/mol. The maximum atomic E-state index is 10.6. The van der Waals surface area contributed by atoms with Gasteiger partial charge in [0, 0.05) is 6.92 Å². The lowest BCUT2D eigenvalue weighted by Gasteiger charge is -1.88. The summed E-state index contributed by atoms with van der Waals surface area (Å²) in [6.45, 7) is 1.40. The van der Waals surface area contributed by atoms with Gasteiger partial charge in [0.1, 0.15) is 0 Å². The van der Waals surface area contributed by atoms with E-state index in [1.165, 1.54) is 13.1 Å². The summed E-state index contributed by atoms with van der Waals surface area (Å²) in [5, 5.41) is 3.72. The van der Waals surface area contributed by atoms with Crippen LogP contribution in [0.4, 0.5) is 0 Å². The van der Waals surface area contributed by atoms with Crippen molar-refractivity contribution in [3.8, 4) is 0 Å². The van der Waals surface area contributed by atoms with Crippen molar-refractivity contribution >= 4 is 23.2 Å². The van der Waals surface area contributed by atoms with E-state index in [0.29, 0.717) is 5.82 Å². The van der Waals surface area contributed by atoms with Gasteiger partial charge in [0.25, 0.3) is 0 Å². The zero-order chi connectivity index (χ0) is 10.7. The molecule has 0 aliphatic heterocycles. The molecule has 0 saturated heterocycles. The van der Waals surface area contributed by atoms with Crippen molar-refractivity contribution in [1.29, 1.82) is 0 Å². The lowest BCUT2D eigenvalue weighted by molar-refractivity contribution is -0.118. The third kappa shape index (κ3) is 2.19. The number of nitrogens with one attached hydrogen (secondary N) is 2. The van der Waals surface area contributed by atoms with Crippen LogP contribution in [0.2, 0.25) is 0 Å². The van der Waals surface area contributed by atoms with E-state index in [4.69, 9.17) is 0 Å². The van der Waals surface area contributed by atoms with E-state index >= 15 is 0 Å². The van der Waals surface area contributed by atoms with Gasteiger partial charge in [0.2, 0.25) is 5.91 Å². The number of carbonyl (C=O) groups is 1. The van der Waals surface area contributed by atoms with Crippen LogP contribution in [-0.2, 0) is 4.79 Å². The number of hydrogen-bond donors (Lipinski definition) is 2. The minimum Gasteiger partial charge on any atom is -0.337 e. The highest BCUT2D eigenvalue weighted by Crippen LogP contribution is 2.08. The molecule has 0 radical (unpaired) electrons. The van der Waals surface area contributed by atoms with Crippen molar-refractivity contribution in [2.45, 2.75) is 6.92 Å². The van der Waals surface area contributed by atoms with Crippen LogP contribution < -0.4 is 5.43 Å². The maximum absolute atomic E-state index is 10.6. The summed E-state index contributed by atoms with van der Waals surface area (Å²) in [5.41, 5.74) is 4.13. The third-order valence-corrected chi connectivity index (χ3v) is 1.82. The molecule has 76 valence electrons. The van der Waals surface area contributed by atoms with E-state index in [9.17, 15) is 4.79 Å². The molecule has 2 rings (SSSR count). The molecular weight excluding hydrogens is 192 g/mol. The molecule has 1 aromatic heterocycles. The van der Waals surface area contributed by atoms with Crippen LogP contribution in [0, 0.1) is 0 Å². The number of aromatic amines is 1. The second-order valence-electron chi connectivity index (χ2n) is 3.07. The third-order valence-electron chi connectivity index (χ3n) is 1.82. The Morgan fingerprint density at radius 2 is 2.33 bits per heavy atom. The van der Waals surface area contributed by atoms with E-state index < -0.39 is 0 Å². The van der Waals surface area contributed by atoms with Crippen molar-refractivity contribution in [3.05, 3.63) is 30.1 Å². The van der Waals surface area contributed by atoms with Crippen LogP contribution in [0.5, 0.6) is 0 Å². The van der Waals surface area contributed by atoms with Crippen LogP contribution in [-0.4, -0.2) is 22.1 Å². The van der Waals surface area contributed by atoms with E-state index in [0.717, 1.165) is 11.0 Å². The molecule has 1 amide bonds. The average Bonchev–Trinajstić information content (AvgIpc) is 2.59. The van der Waals surface area contributed by atoms with Crippen molar-refractivity contribution in [2.24, 2.45) is 5.10 Å². The van der Waals surface area contributed by atoms with Crippen LogP contribution in [0.3, 0.4) is 0 Å². The normalized spacial score (nSPS) is 11.0. The summed E-state index contributed by atoms with van der Waals surface area (Å²) in [7, 11) is 0. The number of aromatic nitrogens is 2. The fourth-order valence-electron chi connectivity index (χ4n) is 1.22. The fraction of sp³-hybridized carbons (Fsp3) is 0.100.